The van der Waals surface area contributed by atoms with Crippen LogP contribution in [0.25, 0.3) is 17.1 Å². The summed E-state index contributed by atoms with van der Waals surface area (Å²) in [7, 11) is -5.13. The molecule has 2 aliphatic rings. The monoisotopic (exact) mass is 1030 g/mol. The highest BCUT2D eigenvalue weighted by atomic mass is 28.4. The van der Waals surface area contributed by atoms with Gasteiger partial charge in [-0.1, -0.05) is 78.7 Å². The number of phenols is 2. The molecule has 0 bridgehead atoms. The van der Waals surface area contributed by atoms with Crippen LogP contribution in [0, 0.1) is 5.82 Å². The number of phenolic OH excluding ortho intramolecular Hbond substituents is 2. The summed E-state index contributed by atoms with van der Waals surface area (Å²) in [5, 5.41) is 41.5. The van der Waals surface area contributed by atoms with Crippen molar-refractivity contribution in [3.63, 3.8) is 0 Å². The van der Waals surface area contributed by atoms with E-state index in [4.69, 9.17) is 13.6 Å². The number of carbonyl (C=O) groups excluding carboxylic acids is 1. The standard InChI is InChI=1S/C51H69F3N8O8Si2/c1-31(2)36-26-37(40(64)27-39(36)63)44-57-58-48(67)62(44)35-18-17-34(38(52)25-35)29-60-23-21-59(22-24-60)28-32-13-15-33(16-14-32)45(65)55-42-19-20-61(47(66)56-42)46-51(53,54)43(70-72(11,12)50(6,7)8)41(69-46)30-68-71(9,10)49(3,4)5/h13-20,25-27,31,41,43,46,63-64H,21-24,28-30H2,1-12H3,(H,58,67)(H,55,56,65,66)/t41-,43-,46-/m1/s1. The third kappa shape index (κ3) is 11.5. The number of alkyl halides is 2. The van der Waals surface area contributed by atoms with Crippen LogP contribution < -0.4 is 11.0 Å². The van der Waals surface area contributed by atoms with Crippen LogP contribution in [0.4, 0.5) is 19.0 Å². The van der Waals surface area contributed by atoms with Gasteiger partial charge in [-0.25, -0.2) is 13.8 Å². The average Bonchev–Trinajstić information content (AvgIpc) is 3.78. The van der Waals surface area contributed by atoms with E-state index in [1.165, 1.54) is 22.8 Å². The van der Waals surface area contributed by atoms with Crippen molar-refractivity contribution in [1.82, 2.24) is 34.1 Å². The summed E-state index contributed by atoms with van der Waals surface area (Å²) in [6.45, 7) is 27.3. The Balaban J connectivity index is 0.939. The number of aromatic hydroxyl groups is 3. The van der Waals surface area contributed by atoms with Gasteiger partial charge in [0.15, 0.2) is 22.5 Å². The minimum absolute atomic E-state index is 0.0751. The number of nitrogens with zero attached hydrogens (tertiary/aromatic N) is 7. The van der Waals surface area contributed by atoms with Crippen LogP contribution in [0.1, 0.15) is 94.6 Å². The number of ether oxygens (including phenoxy) is 1. The fourth-order valence-electron chi connectivity index (χ4n) is 8.19. The van der Waals surface area contributed by atoms with E-state index in [2.05, 4.69) is 51.1 Å². The highest BCUT2D eigenvalue weighted by Gasteiger charge is 2.63. The number of anilines is 1. The Hall–Kier alpha value is -5.43. The number of halogens is 3. The zero-order valence-electron chi connectivity index (χ0n) is 43.3. The van der Waals surface area contributed by atoms with Crippen LogP contribution in [0.3, 0.4) is 0 Å². The van der Waals surface area contributed by atoms with Gasteiger partial charge in [0.1, 0.15) is 35.3 Å². The molecule has 3 aromatic carbocycles. The number of rotatable bonds is 15. The first-order valence-corrected chi connectivity index (χ1v) is 30.1. The molecule has 2 aromatic heterocycles. The summed E-state index contributed by atoms with van der Waals surface area (Å²) >= 11 is 0. The molecule has 0 unspecified atom stereocenters. The average molecular weight is 1040 g/mol. The Morgan fingerprint density at radius 2 is 1.49 bits per heavy atom. The smallest absolute Gasteiger partial charge is 0.351 e. The van der Waals surface area contributed by atoms with Gasteiger partial charge in [0, 0.05) is 62.7 Å². The second-order valence-corrected chi connectivity index (χ2v) is 31.9. The van der Waals surface area contributed by atoms with E-state index in [9.17, 15) is 24.9 Å². The van der Waals surface area contributed by atoms with Crippen LogP contribution in [0.15, 0.2) is 71.7 Å². The van der Waals surface area contributed by atoms with Gasteiger partial charge in [-0.2, -0.15) is 13.8 Å². The van der Waals surface area contributed by atoms with Crippen LogP contribution in [-0.4, -0.2) is 123 Å². The lowest BCUT2D eigenvalue weighted by molar-refractivity contribution is -0.138. The Labute approximate surface area is 421 Å². The highest BCUT2D eigenvalue weighted by molar-refractivity contribution is 6.74. The molecular weight excluding hydrogens is 966 g/mol. The van der Waals surface area contributed by atoms with Crippen molar-refractivity contribution in [1.29, 1.82) is 0 Å². The third-order valence-electron chi connectivity index (χ3n) is 14.7. The lowest BCUT2D eigenvalue weighted by Crippen LogP contribution is -2.53. The molecule has 2 saturated heterocycles. The minimum atomic E-state index is -3.63. The van der Waals surface area contributed by atoms with Gasteiger partial charge >= 0.3 is 17.6 Å². The van der Waals surface area contributed by atoms with Crippen LogP contribution in [-0.2, 0) is 26.7 Å². The summed E-state index contributed by atoms with van der Waals surface area (Å²) in [4.78, 5) is 35.1. The maximum atomic E-state index is 16.6. The SMILES string of the molecule is CC(C)c1cc(-c2nnc(O)n2-c2ccc(CN3CCN(Cc4ccc(C(=O)Nc5ccn([C@@H]6O[C@H](CO[Si](C)(C)C(C)(C)C)[C@@H](O[Si](C)(C)C(C)(C)C)C6(F)F)c(=O)n5)cc4)CC3)c(F)c2)c(O)cc1O. The zero-order chi connectivity index (χ0) is 52.9. The molecule has 1 amide bonds. The first-order chi connectivity index (χ1) is 33.5. The van der Waals surface area contributed by atoms with Crippen molar-refractivity contribution in [2.75, 3.05) is 38.1 Å². The number of piperazine rings is 1. The van der Waals surface area contributed by atoms with E-state index >= 15 is 13.2 Å². The number of amides is 1. The molecule has 0 radical (unpaired) electrons. The normalized spacial score (nSPS) is 19.3. The fraction of sp³-hybridized carbons (Fsp3) is 0.510. The Kier molecular flexibility index (Phi) is 15.5. The van der Waals surface area contributed by atoms with Gasteiger partial charge in [0.2, 0.25) is 6.23 Å². The van der Waals surface area contributed by atoms with Crippen LogP contribution in [0.2, 0.25) is 36.3 Å². The Morgan fingerprint density at radius 1 is 0.861 bits per heavy atom. The van der Waals surface area contributed by atoms with Crippen LogP contribution in [0.5, 0.6) is 17.5 Å². The maximum Gasteiger partial charge on any atom is 0.351 e. The number of nitrogens with one attached hydrogen (secondary N) is 1. The zero-order valence-corrected chi connectivity index (χ0v) is 45.3. The lowest BCUT2D eigenvalue weighted by Gasteiger charge is -2.41. The topological polar surface area (TPSA) is 190 Å². The van der Waals surface area contributed by atoms with Crippen molar-refractivity contribution in [3.05, 3.63) is 105 Å². The van der Waals surface area contributed by atoms with Crippen molar-refractivity contribution >= 4 is 28.4 Å². The summed E-state index contributed by atoms with van der Waals surface area (Å²) < 4.78 is 69.5. The fourth-order valence-corrected chi connectivity index (χ4v) is 10.5. The molecule has 7 rings (SSSR count). The molecule has 2 fully saturated rings. The summed E-state index contributed by atoms with van der Waals surface area (Å²) in [6.07, 6.45) is -3.70. The molecule has 72 heavy (non-hydrogen) atoms. The van der Waals surface area contributed by atoms with Crippen molar-refractivity contribution in [2.24, 2.45) is 0 Å². The third-order valence-corrected chi connectivity index (χ3v) is 23.7. The van der Waals surface area contributed by atoms with E-state index in [-0.39, 0.29) is 57.0 Å². The van der Waals surface area contributed by atoms with E-state index in [1.54, 1.807) is 30.3 Å². The summed E-state index contributed by atoms with van der Waals surface area (Å²) in [5.74, 6) is -5.10. The van der Waals surface area contributed by atoms with Gasteiger partial charge in [0.25, 0.3) is 5.91 Å². The van der Waals surface area contributed by atoms with Crippen molar-refractivity contribution in [2.45, 2.75) is 135 Å². The molecule has 2 aliphatic heterocycles. The minimum Gasteiger partial charge on any atom is -0.508 e. The van der Waals surface area contributed by atoms with Gasteiger partial charge in [0.05, 0.1) is 17.9 Å². The van der Waals surface area contributed by atoms with Gasteiger partial charge in [-0.05, 0) is 89.7 Å². The first kappa shape index (κ1) is 54.4. The van der Waals surface area contributed by atoms with Gasteiger partial charge in [-0.15, -0.1) is 5.10 Å². The number of aromatic nitrogens is 5. The second-order valence-electron chi connectivity index (χ2n) is 22.3. The quantitative estimate of drug-likeness (QED) is 0.0727. The molecule has 0 spiro atoms. The van der Waals surface area contributed by atoms with Gasteiger partial charge in [-0.3, -0.25) is 19.2 Å². The van der Waals surface area contributed by atoms with Crippen LogP contribution >= 0.6 is 0 Å². The van der Waals surface area contributed by atoms with E-state index in [1.807, 2.05) is 72.9 Å². The summed E-state index contributed by atoms with van der Waals surface area (Å²) in [6, 6.07) is 15.2. The molecule has 4 N–H and O–H groups in total. The summed E-state index contributed by atoms with van der Waals surface area (Å²) in [5.41, 5.74) is 1.73. The maximum absolute atomic E-state index is 16.6. The second kappa shape index (κ2) is 20.5. The van der Waals surface area contributed by atoms with E-state index < -0.39 is 64.4 Å². The first-order valence-electron chi connectivity index (χ1n) is 24.3. The molecular formula is C51H69F3N8O8Si2. The molecule has 16 nitrogen and oxygen atoms in total. The largest absolute Gasteiger partial charge is 0.508 e. The molecule has 5 aromatic rings. The molecule has 3 atom stereocenters. The number of carbonyl (C=O) groups is 1. The van der Waals surface area contributed by atoms with E-state index in [0.717, 1.165) is 16.3 Å². The van der Waals surface area contributed by atoms with E-state index in [0.29, 0.717) is 56.0 Å². The number of hydrogen-bond acceptors (Lipinski definition) is 13. The predicted octanol–water partition coefficient (Wildman–Crippen LogP) is 9.39. The molecule has 0 aliphatic carbocycles. The number of benzene rings is 3. The van der Waals surface area contributed by atoms with Crippen molar-refractivity contribution in [3.8, 4) is 34.6 Å². The predicted molar refractivity (Wildman–Crippen MR) is 273 cm³/mol. The van der Waals surface area contributed by atoms with Gasteiger partial charge < -0.3 is 34.2 Å². The molecule has 0 saturated carbocycles. The highest BCUT2D eigenvalue weighted by Crippen LogP contribution is 2.49. The Morgan fingerprint density at radius 3 is 2.07 bits per heavy atom. The lowest BCUT2D eigenvalue weighted by atomic mass is 9.98. The Bertz CT molecular complexity index is 2820. The van der Waals surface area contributed by atoms with Crippen molar-refractivity contribution < 1.29 is 46.9 Å². The number of hydrogen-bond donors (Lipinski definition) is 4. The molecule has 4 heterocycles. The molecule has 390 valence electrons. The molecule has 21 heteroatoms.